The highest BCUT2D eigenvalue weighted by Crippen LogP contribution is 2.29. The molecule has 3 N–H and O–H groups in total. The van der Waals surface area contributed by atoms with Crippen LogP contribution in [0.4, 0.5) is 0 Å². The van der Waals surface area contributed by atoms with Crippen molar-refractivity contribution in [3.05, 3.63) is 35.9 Å². The zero-order valence-electron chi connectivity index (χ0n) is 13.9. The molecule has 1 rings (SSSR count). The van der Waals surface area contributed by atoms with Gasteiger partial charge in [0.05, 0.1) is 11.5 Å². The van der Waals surface area contributed by atoms with Gasteiger partial charge in [0.2, 0.25) is 5.91 Å². The summed E-state index contributed by atoms with van der Waals surface area (Å²) in [7, 11) is 0. The van der Waals surface area contributed by atoms with Crippen LogP contribution in [0.25, 0.3) is 0 Å². The van der Waals surface area contributed by atoms with Crippen molar-refractivity contribution in [1.29, 1.82) is 0 Å². The molecule has 2 atom stereocenters. The van der Waals surface area contributed by atoms with Crippen LogP contribution < -0.4 is 11.1 Å². The second kappa shape index (κ2) is 8.18. The SMILES string of the molecule is CCC(CC)C(NC(=O)C(C)(CC)CN)c1ccccc1. The first-order chi connectivity index (χ1) is 10.0. The summed E-state index contributed by atoms with van der Waals surface area (Å²) in [5.74, 6) is 0.503. The molecule has 0 aliphatic carbocycles. The minimum atomic E-state index is -0.487. The molecule has 0 spiro atoms. The van der Waals surface area contributed by atoms with Crippen LogP contribution in [0.2, 0.25) is 0 Å². The van der Waals surface area contributed by atoms with E-state index in [-0.39, 0.29) is 11.9 Å². The molecular formula is C18H30N2O. The van der Waals surface area contributed by atoms with Crippen LogP contribution in [0, 0.1) is 11.3 Å². The second-order valence-corrected chi connectivity index (χ2v) is 6.06. The largest absolute Gasteiger partial charge is 0.349 e. The molecule has 0 heterocycles. The van der Waals surface area contributed by atoms with Crippen molar-refractivity contribution in [2.24, 2.45) is 17.1 Å². The maximum atomic E-state index is 12.7. The normalized spacial score (nSPS) is 15.5. The van der Waals surface area contributed by atoms with Gasteiger partial charge in [-0.15, -0.1) is 0 Å². The Morgan fingerprint density at radius 3 is 2.19 bits per heavy atom. The van der Waals surface area contributed by atoms with Crippen molar-refractivity contribution >= 4 is 5.91 Å². The molecule has 3 nitrogen and oxygen atoms in total. The average molecular weight is 290 g/mol. The topological polar surface area (TPSA) is 55.1 Å². The third kappa shape index (κ3) is 4.31. The minimum absolute atomic E-state index is 0.0612. The fourth-order valence-corrected chi connectivity index (χ4v) is 2.61. The van der Waals surface area contributed by atoms with E-state index in [1.807, 2.05) is 32.0 Å². The lowest BCUT2D eigenvalue weighted by Gasteiger charge is -2.32. The molecule has 1 amide bonds. The van der Waals surface area contributed by atoms with Crippen LogP contribution in [0.5, 0.6) is 0 Å². The quantitative estimate of drug-likeness (QED) is 0.767. The van der Waals surface area contributed by atoms with E-state index in [0.29, 0.717) is 12.5 Å². The number of hydrogen-bond donors (Lipinski definition) is 2. The van der Waals surface area contributed by atoms with E-state index in [9.17, 15) is 4.79 Å². The third-order valence-corrected chi connectivity index (χ3v) is 4.74. The lowest BCUT2D eigenvalue weighted by Crippen LogP contribution is -2.46. The van der Waals surface area contributed by atoms with Crippen LogP contribution in [-0.2, 0) is 4.79 Å². The molecule has 1 aromatic carbocycles. The molecular weight excluding hydrogens is 260 g/mol. The van der Waals surface area contributed by atoms with Gasteiger partial charge in [-0.05, 0) is 24.8 Å². The highest BCUT2D eigenvalue weighted by atomic mass is 16.2. The number of hydrogen-bond acceptors (Lipinski definition) is 2. The average Bonchev–Trinajstić information content (AvgIpc) is 2.54. The van der Waals surface area contributed by atoms with E-state index in [2.05, 4.69) is 31.3 Å². The summed E-state index contributed by atoms with van der Waals surface area (Å²) in [4.78, 5) is 12.7. The van der Waals surface area contributed by atoms with Gasteiger partial charge in [-0.25, -0.2) is 0 Å². The molecule has 0 saturated carbocycles. The number of nitrogens with one attached hydrogen (secondary N) is 1. The Bertz CT molecular complexity index is 422. The van der Waals surface area contributed by atoms with E-state index in [1.54, 1.807) is 0 Å². The van der Waals surface area contributed by atoms with Gasteiger partial charge in [0.1, 0.15) is 0 Å². The summed E-state index contributed by atoms with van der Waals surface area (Å²) < 4.78 is 0. The summed E-state index contributed by atoms with van der Waals surface area (Å²) >= 11 is 0. The van der Waals surface area contributed by atoms with Crippen molar-refractivity contribution in [3.63, 3.8) is 0 Å². The standard InChI is InChI=1S/C18H30N2O/c1-5-14(6-2)16(15-11-9-8-10-12-15)20-17(21)18(4,7-3)13-19/h8-12,14,16H,5-7,13,19H2,1-4H3,(H,20,21). The van der Waals surface area contributed by atoms with Crippen molar-refractivity contribution in [1.82, 2.24) is 5.32 Å². The number of carbonyl (C=O) groups is 1. The Morgan fingerprint density at radius 2 is 1.76 bits per heavy atom. The molecule has 0 aliphatic heterocycles. The molecule has 21 heavy (non-hydrogen) atoms. The number of rotatable bonds is 8. The minimum Gasteiger partial charge on any atom is -0.349 e. The Kier molecular flexibility index (Phi) is 6.90. The van der Waals surface area contributed by atoms with Gasteiger partial charge < -0.3 is 11.1 Å². The van der Waals surface area contributed by atoms with Crippen molar-refractivity contribution < 1.29 is 4.79 Å². The molecule has 0 bridgehead atoms. The van der Waals surface area contributed by atoms with Crippen molar-refractivity contribution in [3.8, 4) is 0 Å². The predicted octanol–water partition coefficient (Wildman–Crippen LogP) is 3.66. The number of nitrogens with two attached hydrogens (primary N) is 1. The van der Waals surface area contributed by atoms with E-state index in [0.717, 1.165) is 19.3 Å². The van der Waals surface area contributed by atoms with E-state index < -0.39 is 5.41 Å². The fourth-order valence-electron chi connectivity index (χ4n) is 2.61. The number of benzene rings is 1. The first-order valence-corrected chi connectivity index (χ1v) is 8.08. The predicted molar refractivity (Wildman–Crippen MR) is 88.9 cm³/mol. The summed E-state index contributed by atoms with van der Waals surface area (Å²) in [6, 6.07) is 10.3. The molecule has 0 aromatic heterocycles. The Labute approximate surface area is 129 Å². The summed E-state index contributed by atoms with van der Waals surface area (Å²) in [5, 5.41) is 3.26. The van der Waals surface area contributed by atoms with Gasteiger partial charge in [-0.2, -0.15) is 0 Å². The van der Waals surface area contributed by atoms with Gasteiger partial charge in [-0.3, -0.25) is 4.79 Å². The summed E-state index contributed by atoms with van der Waals surface area (Å²) in [5.41, 5.74) is 6.50. The van der Waals surface area contributed by atoms with E-state index >= 15 is 0 Å². The molecule has 3 heteroatoms. The van der Waals surface area contributed by atoms with Gasteiger partial charge in [0.25, 0.3) is 0 Å². The Hall–Kier alpha value is -1.35. The monoisotopic (exact) mass is 290 g/mol. The molecule has 118 valence electrons. The fraction of sp³-hybridized carbons (Fsp3) is 0.611. The molecule has 1 aromatic rings. The molecule has 0 fully saturated rings. The zero-order valence-corrected chi connectivity index (χ0v) is 13.9. The molecule has 0 radical (unpaired) electrons. The maximum Gasteiger partial charge on any atom is 0.227 e. The van der Waals surface area contributed by atoms with Gasteiger partial charge >= 0.3 is 0 Å². The van der Waals surface area contributed by atoms with Crippen LogP contribution >= 0.6 is 0 Å². The smallest absolute Gasteiger partial charge is 0.227 e. The second-order valence-electron chi connectivity index (χ2n) is 6.06. The van der Waals surface area contributed by atoms with Crippen LogP contribution in [0.3, 0.4) is 0 Å². The lowest BCUT2D eigenvalue weighted by atomic mass is 9.84. The highest BCUT2D eigenvalue weighted by Gasteiger charge is 2.33. The molecule has 2 unspecified atom stereocenters. The Balaban J connectivity index is 3.01. The zero-order chi connectivity index (χ0) is 15.9. The molecule has 0 aliphatic rings. The first kappa shape index (κ1) is 17.7. The number of carbonyl (C=O) groups excluding carboxylic acids is 1. The summed E-state index contributed by atoms with van der Waals surface area (Å²) in [6.45, 7) is 8.69. The van der Waals surface area contributed by atoms with Crippen LogP contribution in [-0.4, -0.2) is 12.5 Å². The van der Waals surface area contributed by atoms with Gasteiger partial charge in [0.15, 0.2) is 0 Å². The lowest BCUT2D eigenvalue weighted by molar-refractivity contribution is -0.131. The van der Waals surface area contributed by atoms with Gasteiger partial charge in [-0.1, -0.05) is 63.9 Å². The van der Waals surface area contributed by atoms with Crippen molar-refractivity contribution in [2.75, 3.05) is 6.54 Å². The van der Waals surface area contributed by atoms with E-state index in [1.165, 1.54) is 5.56 Å². The van der Waals surface area contributed by atoms with Crippen LogP contribution in [0.15, 0.2) is 30.3 Å². The third-order valence-electron chi connectivity index (χ3n) is 4.74. The maximum absolute atomic E-state index is 12.7. The van der Waals surface area contributed by atoms with E-state index in [4.69, 9.17) is 5.73 Å². The number of amides is 1. The highest BCUT2D eigenvalue weighted by molar-refractivity contribution is 5.82. The molecule has 0 saturated heterocycles. The first-order valence-electron chi connectivity index (χ1n) is 8.08. The Morgan fingerprint density at radius 1 is 1.19 bits per heavy atom. The summed E-state index contributed by atoms with van der Waals surface area (Å²) in [6.07, 6.45) is 2.84. The van der Waals surface area contributed by atoms with Crippen LogP contribution in [0.1, 0.15) is 58.6 Å². The van der Waals surface area contributed by atoms with Gasteiger partial charge in [0, 0.05) is 6.54 Å². The van der Waals surface area contributed by atoms with Crippen molar-refractivity contribution in [2.45, 2.75) is 53.0 Å².